The molecule has 25 heavy (non-hydrogen) atoms. The van der Waals surface area contributed by atoms with E-state index in [2.05, 4.69) is 15.9 Å². The molecule has 0 spiro atoms. The average molecular weight is 420 g/mol. The van der Waals surface area contributed by atoms with Gasteiger partial charge in [-0.15, -0.1) is 0 Å². The Morgan fingerprint density at radius 2 is 2.04 bits per heavy atom. The van der Waals surface area contributed by atoms with Crippen LogP contribution in [0.2, 0.25) is 0 Å². The third-order valence-corrected chi connectivity index (χ3v) is 4.16. The van der Waals surface area contributed by atoms with E-state index in [1.165, 1.54) is 12.1 Å². The second-order valence-corrected chi connectivity index (χ2v) is 7.66. The van der Waals surface area contributed by atoms with E-state index in [1.54, 1.807) is 26.8 Å². The monoisotopic (exact) mass is 419 g/mol. The van der Waals surface area contributed by atoms with Crippen molar-refractivity contribution in [3.63, 3.8) is 0 Å². The summed E-state index contributed by atoms with van der Waals surface area (Å²) in [5.74, 6) is -1.32. The number of benzene rings is 1. The fraction of sp³-hybridized carbons (Fsp3) is 0.529. The molecule has 8 heteroatoms. The topological polar surface area (TPSA) is 55.8 Å². The number of carbonyl (C=O) groups excluding carboxylic acids is 2. The van der Waals surface area contributed by atoms with Gasteiger partial charge in [0.2, 0.25) is 0 Å². The molecule has 138 valence electrons. The van der Waals surface area contributed by atoms with Crippen LogP contribution in [0.25, 0.3) is 0 Å². The molecule has 1 fully saturated rings. The zero-order valence-electron chi connectivity index (χ0n) is 14.2. The second-order valence-electron chi connectivity index (χ2n) is 6.80. The van der Waals surface area contributed by atoms with E-state index in [1.807, 2.05) is 0 Å². The van der Waals surface area contributed by atoms with Gasteiger partial charge in [-0.05, 0) is 42.8 Å². The number of likely N-dealkylation sites (tertiary alicyclic amines) is 1. The summed E-state index contributed by atoms with van der Waals surface area (Å²) in [5, 5.41) is 0. The van der Waals surface area contributed by atoms with Gasteiger partial charge in [0.15, 0.2) is 0 Å². The van der Waals surface area contributed by atoms with Crippen molar-refractivity contribution in [2.24, 2.45) is 0 Å². The van der Waals surface area contributed by atoms with Gasteiger partial charge in [0, 0.05) is 12.0 Å². The van der Waals surface area contributed by atoms with Gasteiger partial charge in [-0.25, -0.2) is 18.4 Å². The van der Waals surface area contributed by atoms with E-state index in [-0.39, 0.29) is 29.6 Å². The maximum atomic E-state index is 13.9. The van der Waals surface area contributed by atoms with Crippen molar-refractivity contribution in [2.45, 2.75) is 51.6 Å². The lowest BCUT2D eigenvalue weighted by molar-refractivity contribution is -0.150. The molecule has 0 unspecified atom stereocenters. The molecule has 1 saturated heterocycles. The van der Waals surface area contributed by atoms with E-state index >= 15 is 0 Å². The summed E-state index contributed by atoms with van der Waals surface area (Å²) < 4.78 is 38.2. The van der Waals surface area contributed by atoms with Gasteiger partial charge >= 0.3 is 12.1 Å². The molecule has 5 nitrogen and oxygen atoms in total. The van der Waals surface area contributed by atoms with E-state index in [4.69, 9.17) is 9.47 Å². The quantitative estimate of drug-likeness (QED) is 0.695. The highest BCUT2D eigenvalue weighted by molar-refractivity contribution is 9.10. The Kier molecular flexibility index (Phi) is 6.03. The van der Waals surface area contributed by atoms with Gasteiger partial charge in [0.05, 0.1) is 11.0 Å². The molecule has 1 aliphatic rings. The Bertz CT molecular complexity index is 663. The molecule has 2 atom stereocenters. The molecule has 2 rings (SSSR count). The number of rotatable bonds is 3. The maximum absolute atomic E-state index is 13.9. The summed E-state index contributed by atoms with van der Waals surface area (Å²) >= 11 is 3.05. The fourth-order valence-electron chi connectivity index (χ4n) is 2.44. The predicted octanol–water partition coefficient (Wildman–Crippen LogP) is 3.98. The molecule has 1 aromatic carbocycles. The number of nitrogens with zero attached hydrogens (tertiary/aromatic N) is 1. The Balaban J connectivity index is 2.03. The minimum absolute atomic E-state index is 0.168. The van der Waals surface area contributed by atoms with E-state index in [0.29, 0.717) is 0 Å². The summed E-state index contributed by atoms with van der Waals surface area (Å²) in [4.78, 5) is 25.4. The van der Waals surface area contributed by atoms with Crippen LogP contribution in [0.5, 0.6) is 0 Å². The van der Waals surface area contributed by atoms with Crippen LogP contribution in [-0.4, -0.2) is 41.3 Å². The first-order valence-electron chi connectivity index (χ1n) is 7.81. The normalized spacial score (nSPS) is 20.5. The van der Waals surface area contributed by atoms with Crippen molar-refractivity contribution >= 4 is 28.0 Å². The van der Waals surface area contributed by atoms with Crippen LogP contribution in [0, 0.1) is 5.82 Å². The van der Waals surface area contributed by atoms with Crippen molar-refractivity contribution in [1.82, 2.24) is 4.90 Å². The Morgan fingerprint density at radius 3 is 2.68 bits per heavy atom. The highest BCUT2D eigenvalue weighted by Gasteiger charge is 2.42. The number of esters is 1. The van der Waals surface area contributed by atoms with E-state index in [9.17, 15) is 18.4 Å². The van der Waals surface area contributed by atoms with Crippen LogP contribution in [0.15, 0.2) is 22.7 Å². The third kappa shape index (κ3) is 5.14. The van der Waals surface area contributed by atoms with Gasteiger partial charge in [0.1, 0.15) is 30.2 Å². The van der Waals surface area contributed by atoms with E-state index in [0.717, 1.165) is 4.90 Å². The van der Waals surface area contributed by atoms with Crippen molar-refractivity contribution in [1.29, 1.82) is 0 Å². The van der Waals surface area contributed by atoms with Crippen molar-refractivity contribution < 1.29 is 27.8 Å². The lowest BCUT2D eigenvalue weighted by atomic mass is 10.2. The van der Waals surface area contributed by atoms with Crippen LogP contribution < -0.4 is 0 Å². The number of carbonyl (C=O) groups is 2. The molecule has 1 aromatic rings. The minimum atomic E-state index is -1.34. The number of hydrogen-bond donors (Lipinski definition) is 0. The molecule has 0 aromatic heterocycles. The van der Waals surface area contributed by atoms with Gasteiger partial charge in [-0.3, -0.25) is 4.90 Å². The Labute approximate surface area is 153 Å². The molecule has 0 saturated carbocycles. The second kappa shape index (κ2) is 7.68. The number of hydrogen-bond acceptors (Lipinski definition) is 4. The summed E-state index contributed by atoms with van der Waals surface area (Å²) in [6.45, 7) is 4.49. The SMILES string of the molecule is CC(C)(C)OC(=O)N1C[C@H](F)C[C@H]1C(=O)OCc1cccc(Br)c1F. The lowest BCUT2D eigenvalue weighted by Gasteiger charge is -2.27. The molecule has 1 aliphatic heterocycles. The lowest BCUT2D eigenvalue weighted by Crippen LogP contribution is -2.44. The molecular formula is C17H20BrF2NO4. The number of ether oxygens (including phenoxy) is 2. The minimum Gasteiger partial charge on any atom is -0.459 e. The highest BCUT2D eigenvalue weighted by Crippen LogP contribution is 2.25. The Morgan fingerprint density at radius 1 is 1.36 bits per heavy atom. The molecular weight excluding hydrogens is 400 g/mol. The fourth-order valence-corrected chi connectivity index (χ4v) is 2.84. The summed E-state index contributed by atoms with van der Waals surface area (Å²) in [5.41, 5.74) is -0.583. The number of halogens is 3. The maximum Gasteiger partial charge on any atom is 0.411 e. The van der Waals surface area contributed by atoms with Crippen LogP contribution in [-0.2, 0) is 20.9 Å². The van der Waals surface area contributed by atoms with Crippen molar-refractivity contribution in [2.75, 3.05) is 6.54 Å². The highest BCUT2D eigenvalue weighted by atomic mass is 79.9. The molecule has 0 bridgehead atoms. The molecule has 0 radical (unpaired) electrons. The van der Waals surface area contributed by atoms with Crippen LogP contribution >= 0.6 is 15.9 Å². The van der Waals surface area contributed by atoms with Gasteiger partial charge in [0.25, 0.3) is 0 Å². The summed E-state index contributed by atoms with van der Waals surface area (Å²) in [6, 6.07) is 3.53. The van der Waals surface area contributed by atoms with Gasteiger partial charge < -0.3 is 9.47 Å². The van der Waals surface area contributed by atoms with Crippen molar-refractivity contribution in [3.8, 4) is 0 Å². The smallest absolute Gasteiger partial charge is 0.411 e. The van der Waals surface area contributed by atoms with Gasteiger partial charge in [-0.1, -0.05) is 12.1 Å². The van der Waals surface area contributed by atoms with Crippen molar-refractivity contribution in [3.05, 3.63) is 34.1 Å². The summed E-state index contributed by atoms with van der Waals surface area (Å²) in [6.07, 6.45) is -2.28. The molecule has 1 amide bonds. The number of alkyl halides is 1. The zero-order chi connectivity index (χ0) is 18.8. The first-order valence-corrected chi connectivity index (χ1v) is 8.61. The number of amides is 1. The van der Waals surface area contributed by atoms with Crippen LogP contribution in [0.1, 0.15) is 32.8 Å². The first kappa shape index (κ1) is 19.6. The van der Waals surface area contributed by atoms with Crippen LogP contribution in [0.4, 0.5) is 13.6 Å². The predicted molar refractivity (Wildman–Crippen MR) is 90.1 cm³/mol. The van der Waals surface area contributed by atoms with E-state index < -0.39 is 35.7 Å². The molecule has 1 heterocycles. The molecule has 0 N–H and O–H groups in total. The molecule has 0 aliphatic carbocycles. The van der Waals surface area contributed by atoms with Crippen LogP contribution in [0.3, 0.4) is 0 Å². The first-order chi connectivity index (χ1) is 11.6. The van der Waals surface area contributed by atoms with Gasteiger partial charge in [-0.2, -0.15) is 0 Å². The summed E-state index contributed by atoms with van der Waals surface area (Å²) in [7, 11) is 0. The zero-order valence-corrected chi connectivity index (χ0v) is 15.8. The average Bonchev–Trinajstić information content (AvgIpc) is 2.89. The largest absolute Gasteiger partial charge is 0.459 e. The Hall–Kier alpha value is -1.70. The standard InChI is InChI=1S/C17H20BrF2NO4/c1-17(2,3)25-16(23)21-8-11(19)7-13(21)15(22)24-9-10-5-4-6-12(18)14(10)20/h4-6,11,13H,7-9H2,1-3H3/t11-,13+/m1/s1. The third-order valence-electron chi connectivity index (χ3n) is 3.55.